The van der Waals surface area contributed by atoms with Crippen molar-refractivity contribution in [2.24, 2.45) is 0 Å². The predicted octanol–water partition coefficient (Wildman–Crippen LogP) is 4.32. The van der Waals surface area contributed by atoms with Crippen molar-refractivity contribution in [1.82, 2.24) is 9.62 Å². The fourth-order valence-electron chi connectivity index (χ4n) is 3.33. The zero-order valence-corrected chi connectivity index (χ0v) is 18.7. The molecule has 0 heterocycles. The van der Waals surface area contributed by atoms with Crippen LogP contribution in [0.25, 0.3) is 0 Å². The molecular weight excluding hydrogens is 408 g/mol. The topological polar surface area (TPSA) is 66.5 Å². The lowest BCUT2D eigenvalue weighted by Gasteiger charge is -2.17. The first-order valence-corrected chi connectivity index (χ1v) is 11.8. The van der Waals surface area contributed by atoms with Crippen LogP contribution in [0.3, 0.4) is 0 Å². The molecule has 1 N–H and O–H groups in total. The van der Waals surface area contributed by atoms with Gasteiger partial charge in [0.2, 0.25) is 15.9 Å². The fraction of sp³-hybridized carbons (Fsp3) is 0.240. The molecule has 0 unspecified atom stereocenters. The van der Waals surface area contributed by atoms with Gasteiger partial charge in [0.1, 0.15) is 0 Å². The maximum absolute atomic E-state index is 12.7. The summed E-state index contributed by atoms with van der Waals surface area (Å²) in [6, 6.07) is 25.7. The average Bonchev–Trinajstić information content (AvgIpc) is 2.78. The largest absolute Gasteiger partial charge is 0.341 e. The van der Waals surface area contributed by atoms with Gasteiger partial charge in [-0.15, -0.1) is 0 Å². The highest BCUT2D eigenvalue weighted by molar-refractivity contribution is 7.89. The van der Waals surface area contributed by atoms with E-state index in [1.165, 1.54) is 0 Å². The van der Waals surface area contributed by atoms with Crippen LogP contribution in [0.2, 0.25) is 0 Å². The smallest absolute Gasteiger partial charge is 0.241 e. The van der Waals surface area contributed by atoms with Crippen molar-refractivity contribution in [3.05, 3.63) is 102 Å². The average molecular weight is 437 g/mol. The first kappa shape index (κ1) is 22.7. The number of sulfonamides is 1. The van der Waals surface area contributed by atoms with Crippen LogP contribution >= 0.6 is 0 Å². The molecule has 0 aromatic heterocycles. The Labute approximate surface area is 184 Å². The van der Waals surface area contributed by atoms with Gasteiger partial charge in [0.15, 0.2) is 0 Å². The van der Waals surface area contributed by atoms with Gasteiger partial charge in [0.05, 0.1) is 4.90 Å². The van der Waals surface area contributed by atoms with E-state index in [4.69, 9.17) is 0 Å². The Morgan fingerprint density at radius 1 is 0.871 bits per heavy atom. The summed E-state index contributed by atoms with van der Waals surface area (Å²) in [5.41, 5.74) is 2.92. The first-order chi connectivity index (χ1) is 14.8. The van der Waals surface area contributed by atoms with Crippen molar-refractivity contribution in [3.63, 3.8) is 0 Å². The third kappa shape index (κ3) is 6.51. The maximum atomic E-state index is 12.7. The highest BCUT2D eigenvalue weighted by Crippen LogP contribution is 2.18. The number of carbonyl (C=O) groups is 1. The molecular formula is C25H28N2O3S. The van der Waals surface area contributed by atoms with Crippen molar-refractivity contribution < 1.29 is 13.2 Å². The monoisotopic (exact) mass is 436 g/mol. The quantitative estimate of drug-likeness (QED) is 0.543. The van der Waals surface area contributed by atoms with E-state index < -0.39 is 10.0 Å². The van der Waals surface area contributed by atoms with E-state index in [1.807, 2.05) is 67.6 Å². The number of rotatable bonds is 9. The van der Waals surface area contributed by atoms with Crippen LogP contribution in [0.4, 0.5) is 0 Å². The Morgan fingerprint density at radius 2 is 1.45 bits per heavy atom. The fourth-order valence-corrected chi connectivity index (χ4v) is 4.57. The molecule has 0 radical (unpaired) electrons. The molecule has 162 valence electrons. The minimum atomic E-state index is -3.63. The van der Waals surface area contributed by atoms with E-state index in [0.717, 1.165) is 16.7 Å². The minimum absolute atomic E-state index is 0.0545. The maximum Gasteiger partial charge on any atom is 0.241 e. The Balaban J connectivity index is 1.55. The highest BCUT2D eigenvalue weighted by atomic mass is 32.2. The number of carbonyl (C=O) groups excluding carboxylic acids is 1. The molecule has 0 aliphatic heterocycles. The first-order valence-electron chi connectivity index (χ1n) is 10.3. The number of hydrogen-bond donors (Lipinski definition) is 1. The molecule has 0 saturated heterocycles. The summed E-state index contributed by atoms with van der Waals surface area (Å²) in [6.07, 6.45) is 0.935. The summed E-state index contributed by atoms with van der Waals surface area (Å²) in [5, 5.41) is 0. The molecule has 3 rings (SSSR count). The molecule has 0 saturated carbocycles. The summed E-state index contributed by atoms with van der Waals surface area (Å²) in [6.45, 7) is 2.39. The molecule has 3 aromatic rings. The Bertz CT molecular complexity index is 1080. The standard InChI is InChI=1S/C25H28N2O3S/c1-20(23-11-7-4-8-12-23)26-31(29,30)24-16-13-21(14-17-24)15-18-25(28)27(2)19-22-9-5-3-6-10-22/h3-14,16-17,20,26H,15,18-19H2,1-2H3/t20-/m1/s1. The Kier molecular flexibility index (Phi) is 7.60. The molecule has 0 aliphatic carbocycles. The van der Waals surface area contributed by atoms with Gasteiger partial charge in [-0.05, 0) is 42.2 Å². The second kappa shape index (κ2) is 10.4. The van der Waals surface area contributed by atoms with Crippen molar-refractivity contribution in [2.45, 2.75) is 37.2 Å². The molecule has 1 amide bonds. The second-order valence-corrected chi connectivity index (χ2v) is 9.35. The van der Waals surface area contributed by atoms with Crippen molar-refractivity contribution in [1.29, 1.82) is 0 Å². The summed E-state index contributed by atoms with van der Waals surface area (Å²) in [5.74, 6) is 0.0545. The molecule has 1 atom stereocenters. The SMILES string of the molecule is C[C@@H](NS(=O)(=O)c1ccc(CCC(=O)N(C)Cc2ccccc2)cc1)c1ccccc1. The number of amides is 1. The van der Waals surface area contributed by atoms with Crippen molar-refractivity contribution in [3.8, 4) is 0 Å². The minimum Gasteiger partial charge on any atom is -0.341 e. The van der Waals surface area contributed by atoms with Gasteiger partial charge in [-0.2, -0.15) is 0 Å². The van der Waals surface area contributed by atoms with Gasteiger partial charge in [-0.25, -0.2) is 13.1 Å². The molecule has 3 aromatic carbocycles. The van der Waals surface area contributed by atoms with E-state index in [-0.39, 0.29) is 16.8 Å². The number of benzene rings is 3. The van der Waals surface area contributed by atoms with Crippen LogP contribution in [-0.4, -0.2) is 26.3 Å². The van der Waals surface area contributed by atoms with Crippen LogP contribution in [0.1, 0.15) is 36.1 Å². The van der Waals surface area contributed by atoms with Crippen LogP contribution in [-0.2, 0) is 27.8 Å². The zero-order chi connectivity index (χ0) is 22.3. The highest BCUT2D eigenvalue weighted by Gasteiger charge is 2.18. The van der Waals surface area contributed by atoms with E-state index in [9.17, 15) is 13.2 Å². The van der Waals surface area contributed by atoms with Gasteiger partial charge in [0, 0.05) is 26.1 Å². The predicted molar refractivity (Wildman–Crippen MR) is 123 cm³/mol. The summed E-state index contributed by atoms with van der Waals surface area (Å²) >= 11 is 0. The molecule has 0 fully saturated rings. The van der Waals surface area contributed by atoms with E-state index in [0.29, 0.717) is 19.4 Å². The summed E-state index contributed by atoms with van der Waals surface area (Å²) < 4.78 is 28.1. The van der Waals surface area contributed by atoms with Crippen LogP contribution < -0.4 is 4.72 Å². The third-order valence-corrected chi connectivity index (χ3v) is 6.74. The molecule has 0 spiro atoms. The van der Waals surface area contributed by atoms with Crippen molar-refractivity contribution >= 4 is 15.9 Å². The van der Waals surface area contributed by atoms with Crippen molar-refractivity contribution in [2.75, 3.05) is 7.05 Å². The number of nitrogens with zero attached hydrogens (tertiary/aromatic N) is 1. The van der Waals surface area contributed by atoms with Crippen LogP contribution in [0.15, 0.2) is 89.8 Å². The molecule has 6 heteroatoms. The van der Waals surface area contributed by atoms with Gasteiger partial charge in [-0.1, -0.05) is 72.8 Å². The Hall–Kier alpha value is -2.96. The molecule has 0 aliphatic rings. The van der Waals surface area contributed by atoms with Crippen LogP contribution in [0.5, 0.6) is 0 Å². The zero-order valence-electron chi connectivity index (χ0n) is 17.9. The summed E-state index contributed by atoms with van der Waals surface area (Å²) in [4.78, 5) is 14.3. The molecule has 0 bridgehead atoms. The normalized spacial score (nSPS) is 12.3. The number of nitrogens with one attached hydrogen (secondary N) is 1. The molecule has 31 heavy (non-hydrogen) atoms. The number of hydrogen-bond acceptors (Lipinski definition) is 3. The van der Waals surface area contributed by atoms with Gasteiger partial charge < -0.3 is 4.90 Å². The van der Waals surface area contributed by atoms with E-state index >= 15 is 0 Å². The molecule has 5 nitrogen and oxygen atoms in total. The lowest BCUT2D eigenvalue weighted by atomic mass is 10.1. The number of aryl methyl sites for hydroxylation is 1. The second-order valence-electron chi connectivity index (χ2n) is 7.63. The van der Waals surface area contributed by atoms with Crippen LogP contribution in [0, 0.1) is 0 Å². The van der Waals surface area contributed by atoms with Gasteiger partial charge in [0.25, 0.3) is 0 Å². The lowest BCUT2D eigenvalue weighted by Crippen LogP contribution is -2.27. The summed E-state index contributed by atoms with van der Waals surface area (Å²) in [7, 11) is -1.83. The lowest BCUT2D eigenvalue weighted by molar-refractivity contribution is -0.130. The van der Waals surface area contributed by atoms with Gasteiger partial charge in [-0.3, -0.25) is 4.79 Å². The third-order valence-electron chi connectivity index (χ3n) is 5.18. The Morgan fingerprint density at radius 3 is 2.06 bits per heavy atom. The van der Waals surface area contributed by atoms with E-state index in [2.05, 4.69) is 4.72 Å². The van der Waals surface area contributed by atoms with Gasteiger partial charge >= 0.3 is 0 Å². The van der Waals surface area contributed by atoms with E-state index in [1.54, 1.807) is 36.2 Å².